The molecule has 2 aromatic heterocycles. The molecule has 2 heterocycles. The summed E-state index contributed by atoms with van der Waals surface area (Å²) in [5.74, 6) is -0.586. The van der Waals surface area contributed by atoms with E-state index in [1.165, 1.54) is 28.9 Å². The zero-order chi connectivity index (χ0) is 15.7. The number of Topliss-reactive ketones (excluding diaryl/α,β-unsaturated/α-hetero) is 1. The van der Waals surface area contributed by atoms with Crippen molar-refractivity contribution in [2.45, 2.75) is 6.92 Å². The molecule has 0 radical (unpaired) electrons. The Balaban J connectivity index is 1.88. The maximum atomic E-state index is 12.2. The van der Waals surface area contributed by atoms with E-state index in [4.69, 9.17) is 0 Å². The third-order valence-corrected chi connectivity index (χ3v) is 3.91. The summed E-state index contributed by atoms with van der Waals surface area (Å²) in [7, 11) is 0. The molecule has 1 N–H and O–H groups in total. The number of hydrogen-bond acceptors (Lipinski definition) is 5. The second-order valence-electron chi connectivity index (χ2n) is 4.62. The molecule has 3 aromatic rings. The highest BCUT2D eigenvalue weighted by molar-refractivity contribution is 7.15. The molecule has 6 nitrogen and oxygen atoms in total. The van der Waals surface area contributed by atoms with Crippen molar-refractivity contribution in [1.29, 1.82) is 0 Å². The molecule has 0 aliphatic rings. The molecule has 22 heavy (non-hydrogen) atoms. The van der Waals surface area contributed by atoms with Gasteiger partial charge in [0.25, 0.3) is 11.5 Å². The highest BCUT2D eigenvalue weighted by atomic mass is 32.1. The fraction of sp³-hybridized carbons (Fsp3) is 0.0667. The molecule has 3 rings (SSSR count). The molecule has 0 atom stereocenters. The van der Waals surface area contributed by atoms with Crippen molar-refractivity contribution in [2.24, 2.45) is 0 Å². The molecule has 0 saturated heterocycles. The Morgan fingerprint density at radius 2 is 1.95 bits per heavy atom. The molecule has 0 aliphatic heterocycles. The fourth-order valence-electron chi connectivity index (χ4n) is 1.97. The summed E-state index contributed by atoms with van der Waals surface area (Å²) in [6, 6.07) is 6.46. The maximum Gasteiger partial charge on any atom is 0.271 e. The van der Waals surface area contributed by atoms with Crippen LogP contribution in [0.4, 0.5) is 5.69 Å². The SMILES string of the molecule is CC(=O)c1ccc(NC(=O)c2cnc3sccn3c2=O)cc1. The average molecular weight is 313 g/mol. The molecule has 0 fully saturated rings. The van der Waals surface area contributed by atoms with Crippen LogP contribution in [0.1, 0.15) is 27.6 Å². The number of benzene rings is 1. The van der Waals surface area contributed by atoms with E-state index in [-0.39, 0.29) is 11.3 Å². The third-order valence-electron chi connectivity index (χ3n) is 3.14. The Morgan fingerprint density at radius 3 is 2.64 bits per heavy atom. The second kappa shape index (κ2) is 5.53. The summed E-state index contributed by atoms with van der Waals surface area (Å²) in [5, 5.41) is 4.35. The van der Waals surface area contributed by atoms with E-state index in [1.54, 1.807) is 35.8 Å². The van der Waals surface area contributed by atoms with Crippen molar-refractivity contribution in [2.75, 3.05) is 5.32 Å². The van der Waals surface area contributed by atoms with Crippen LogP contribution in [0.2, 0.25) is 0 Å². The van der Waals surface area contributed by atoms with Crippen LogP contribution in [-0.2, 0) is 0 Å². The summed E-state index contributed by atoms with van der Waals surface area (Å²) in [6.45, 7) is 1.47. The molecule has 1 amide bonds. The summed E-state index contributed by atoms with van der Waals surface area (Å²) in [5.41, 5.74) is 0.611. The summed E-state index contributed by atoms with van der Waals surface area (Å²) >= 11 is 1.32. The minimum Gasteiger partial charge on any atom is -0.322 e. The van der Waals surface area contributed by atoms with Gasteiger partial charge in [-0.3, -0.25) is 18.8 Å². The minimum atomic E-state index is -0.534. The van der Waals surface area contributed by atoms with Crippen LogP contribution >= 0.6 is 11.3 Å². The Bertz CT molecular complexity index is 925. The van der Waals surface area contributed by atoms with Crippen LogP contribution < -0.4 is 10.9 Å². The number of nitrogens with one attached hydrogen (secondary N) is 1. The first kappa shape index (κ1) is 14.2. The highest BCUT2D eigenvalue weighted by Gasteiger charge is 2.14. The number of rotatable bonds is 3. The van der Waals surface area contributed by atoms with Crippen molar-refractivity contribution in [3.05, 3.63) is 63.5 Å². The number of nitrogens with zero attached hydrogens (tertiary/aromatic N) is 2. The van der Waals surface area contributed by atoms with E-state index < -0.39 is 11.5 Å². The van der Waals surface area contributed by atoms with Gasteiger partial charge in [0.1, 0.15) is 5.56 Å². The molecule has 110 valence electrons. The van der Waals surface area contributed by atoms with E-state index in [2.05, 4.69) is 10.3 Å². The van der Waals surface area contributed by atoms with Gasteiger partial charge in [-0.2, -0.15) is 0 Å². The first-order valence-electron chi connectivity index (χ1n) is 6.43. The van der Waals surface area contributed by atoms with Crippen LogP contribution in [0.3, 0.4) is 0 Å². The fourth-order valence-corrected chi connectivity index (χ4v) is 2.64. The first-order chi connectivity index (χ1) is 10.6. The van der Waals surface area contributed by atoms with Crippen LogP contribution in [-0.4, -0.2) is 21.1 Å². The standard InChI is InChI=1S/C15H11N3O3S/c1-9(19)10-2-4-11(5-3-10)17-13(20)12-8-16-15-18(14(12)21)6-7-22-15/h2-8H,1H3,(H,17,20). The molecular weight excluding hydrogens is 302 g/mol. The lowest BCUT2D eigenvalue weighted by molar-refractivity contribution is 0.101. The number of aromatic nitrogens is 2. The van der Waals surface area contributed by atoms with Gasteiger partial charge in [0.05, 0.1) is 0 Å². The van der Waals surface area contributed by atoms with Crippen LogP contribution in [0.15, 0.2) is 46.8 Å². The van der Waals surface area contributed by atoms with Crippen molar-refractivity contribution < 1.29 is 9.59 Å². The number of hydrogen-bond donors (Lipinski definition) is 1. The first-order valence-corrected chi connectivity index (χ1v) is 7.31. The van der Waals surface area contributed by atoms with Crippen LogP contribution in [0.5, 0.6) is 0 Å². The van der Waals surface area contributed by atoms with Gasteiger partial charge in [-0.25, -0.2) is 4.98 Å². The van der Waals surface area contributed by atoms with Gasteiger partial charge in [-0.15, -0.1) is 11.3 Å². The lowest BCUT2D eigenvalue weighted by Gasteiger charge is -2.05. The minimum absolute atomic E-state index is 0.0356. The number of ketones is 1. The topological polar surface area (TPSA) is 80.5 Å². The smallest absolute Gasteiger partial charge is 0.271 e. The zero-order valence-corrected chi connectivity index (χ0v) is 12.4. The molecule has 1 aromatic carbocycles. The molecule has 0 spiro atoms. The van der Waals surface area contributed by atoms with E-state index in [9.17, 15) is 14.4 Å². The molecule has 0 unspecified atom stereocenters. The quantitative estimate of drug-likeness (QED) is 0.752. The average Bonchev–Trinajstić information content (AvgIpc) is 2.97. The Hall–Kier alpha value is -2.80. The number of carbonyl (C=O) groups excluding carboxylic acids is 2. The maximum absolute atomic E-state index is 12.2. The molecule has 0 aliphatic carbocycles. The van der Waals surface area contributed by atoms with Crippen molar-refractivity contribution in [1.82, 2.24) is 9.38 Å². The number of amides is 1. The normalized spacial score (nSPS) is 10.6. The predicted molar refractivity (Wildman–Crippen MR) is 83.7 cm³/mol. The van der Waals surface area contributed by atoms with Gasteiger partial charge in [0.2, 0.25) is 0 Å². The lowest BCUT2D eigenvalue weighted by atomic mass is 10.1. The molecule has 7 heteroatoms. The second-order valence-corrected chi connectivity index (χ2v) is 5.49. The molecule has 0 saturated carbocycles. The van der Waals surface area contributed by atoms with Gasteiger partial charge < -0.3 is 5.32 Å². The van der Waals surface area contributed by atoms with E-state index in [0.29, 0.717) is 16.2 Å². The number of thiazole rings is 1. The van der Waals surface area contributed by atoms with Crippen molar-refractivity contribution in [3.63, 3.8) is 0 Å². The van der Waals surface area contributed by atoms with Crippen molar-refractivity contribution >= 4 is 33.7 Å². The Labute approximate surface area is 129 Å². The van der Waals surface area contributed by atoms with Gasteiger partial charge in [0, 0.05) is 29.0 Å². The van der Waals surface area contributed by atoms with E-state index in [0.717, 1.165) is 0 Å². The predicted octanol–water partition coefficient (Wildman–Crippen LogP) is 2.21. The number of carbonyl (C=O) groups is 2. The van der Waals surface area contributed by atoms with Crippen LogP contribution in [0, 0.1) is 0 Å². The van der Waals surface area contributed by atoms with Gasteiger partial charge in [-0.1, -0.05) is 0 Å². The molecular formula is C15H11N3O3S. The Morgan fingerprint density at radius 1 is 1.23 bits per heavy atom. The number of anilines is 1. The molecule has 0 bridgehead atoms. The van der Waals surface area contributed by atoms with Gasteiger partial charge in [-0.05, 0) is 31.2 Å². The third kappa shape index (κ3) is 2.53. The lowest BCUT2D eigenvalue weighted by Crippen LogP contribution is -2.25. The van der Waals surface area contributed by atoms with Crippen molar-refractivity contribution in [3.8, 4) is 0 Å². The zero-order valence-electron chi connectivity index (χ0n) is 11.6. The largest absolute Gasteiger partial charge is 0.322 e. The Kier molecular flexibility index (Phi) is 3.56. The van der Waals surface area contributed by atoms with Gasteiger partial charge in [0.15, 0.2) is 10.7 Å². The summed E-state index contributed by atoms with van der Waals surface area (Å²) in [6.07, 6.45) is 2.85. The van der Waals surface area contributed by atoms with Gasteiger partial charge >= 0.3 is 0 Å². The van der Waals surface area contributed by atoms with E-state index in [1.807, 2.05) is 0 Å². The van der Waals surface area contributed by atoms with Crippen LogP contribution in [0.25, 0.3) is 4.96 Å². The summed E-state index contributed by atoms with van der Waals surface area (Å²) in [4.78, 5) is 40.2. The highest BCUT2D eigenvalue weighted by Crippen LogP contribution is 2.11. The monoisotopic (exact) mass is 313 g/mol. The number of fused-ring (bicyclic) bond motifs is 1. The summed E-state index contributed by atoms with van der Waals surface area (Å²) < 4.78 is 1.33. The van der Waals surface area contributed by atoms with E-state index >= 15 is 0 Å².